The van der Waals surface area contributed by atoms with Gasteiger partial charge in [0, 0.05) is 41.8 Å². The maximum atomic E-state index is 13.8. The van der Waals surface area contributed by atoms with Crippen molar-refractivity contribution in [2.45, 2.75) is 75.1 Å². The molecule has 0 aromatic heterocycles. The number of rotatable bonds is 3. The van der Waals surface area contributed by atoms with Gasteiger partial charge in [-0.25, -0.2) is 13.1 Å². The lowest BCUT2D eigenvalue weighted by molar-refractivity contribution is -0.126. The molecule has 1 saturated carbocycles. The molecule has 9 nitrogen and oxygen atoms in total. The summed E-state index contributed by atoms with van der Waals surface area (Å²) in [5.41, 5.74) is 2.26. The standard InChI is InChI=1S/C41H48ClN3O6S/c1-27-9-7-20-41(48,23-38(46)44(3)33-11-5-4-6-12-33)35-16-13-31(35)24-45-25-40(19-8-10-29-21-32(42)15-17-34(29)40)26-51-37-18-14-30(22-36(37)45)39(47)43-52(49,50)28(27)2/h4-7,11-12,14-15,17-18,20-22,27-28,31,35,48H,8-10,13,16,19,23-26H2,1-3H3,(H,43,47)/b20-7+/t27-,28+,31-,35+,40-,41-/m0/s1. The number of nitrogens with zero attached hydrogens (tertiary/aromatic N) is 2. The lowest BCUT2D eigenvalue weighted by Gasteiger charge is -2.49. The summed E-state index contributed by atoms with van der Waals surface area (Å²) in [5, 5.41) is 12.4. The summed E-state index contributed by atoms with van der Waals surface area (Å²) < 4.78 is 35.9. The zero-order chi connectivity index (χ0) is 36.8. The number of amides is 2. The van der Waals surface area contributed by atoms with Crippen LogP contribution < -0.4 is 19.3 Å². The SMILES string of the molecule is C[C@@H]1[C@@H](C)C/C=C/[C@](O)(CC(=O)N(C)c2ccccc2)[C@@H]2CC[C@H]2CN2C[C@@]3(CCCc4cc(Cl)ccc43)COc3ccc(cc32)C(=O)NS1(=O)=O. The number of carbonyl (C=O) groups is 2. The van der Waals surface area contributed by atoms with Crippen LogP contribution >= 0.6 is 11.6 Å². The summed E-state index contributed by atoms with van der Waals surface area (Å²) in [6, 6.07) is 20.6. The molecule has 0 saturated heterocycles. The van der Waals surface area contributed by atoms with Gasteiger partial charge in [0.2, 0.25) is 15.9 Å². The lowest BCUT2D eigenvalue weighted by Crippen LogP contribution is -2.53. The molecule has 2 N–H and O–H groups in total. The first-order valence-electron chi connectivity index (χ1n) is 18.4. The highest BCUT2D eigenvalue weighted by molar-refractivity contribution is 7.90. The molecule has 0 unspecified atom stereocenters. The van der Waals surface area contributed by atoms with Crippen LogP contribution in [-0.2, 0) is 26.7 Å². The van der Waals surface area contributed by atoms with Crippen LogP contribution in [0.4, 0.5) is 11.4 Å². The summed E-state index contributed by atoms with van der Waals surface area (Å²) in [6.45, 7) is 4.99. The Kier molecular flexibility index (Phi) is 9.95. The maximum Gasteiger partial charge on any atom is 0.264 e. The van der Waals surface area contributed by atoms with Gasteiger partial charge in [-0.15, -0.1) is 0 Å². The van der Waals surface area contributed by atoms with E-state index in [-0.39, 0.29) is 41.1 Å². The van der Waals surface area contributed by atoms with E-state index in [0.29, 0.717) is 42.6 Å². The number of anilines is 2. The topological polar surface area (TPSA) is 116 Å². The van der Waals surface area contributed by atoms with Crippen LogP contribution in [0.25, 0.3) is 0 Å². The number of nitrogens with one attached hydrogen (secondary N) is 1. The molecule has 4 aliphatic rings. The highest BCUT2D eigenvalue weighted by atomic mass is 35.5. The van der Waals surface area contributed by atoms with Gasteiger partial charge >= 0.3 is 0 Å². The first-order valence-corrected chi connectivity index (χ1v) is 20.3. The van der Waals surface area contributed by atoms with Crippen molar-refractivity contribution in [3.63, 3.8) is 0 Å². The summed E-state index contributed by atoms with van der Waals surface area (Å²) in [5.74, 6) is -0.848. The second-order valence-corrected chi connectivity index (χ2v) is 18.0. The van der Waals surface area contributed by atoms with Crippen LogP contribution in [0.15, 0.2) is 78.9 Å². The number of aryl methyl sites for hydroxylation is 1. The molecule has 2 aliphatic heterocycles. The summed E-state index contributed by atoms with van der Waals surface area (Å²) in [4.78, 5) is 31.3. The second kappa shape index (κ2) is 14.2. The molecule has 7 rings (SSSR count). The van der Waals surface area contributed by atoms with Gasteiger partial charge in [0.15, 0.2) is 0 Å². The number of ether oxygens (including phenoxy) is 1. The number of carbonyl (C=O) groups excluding carboxylic acids is 2. The molecule has 2 aliphatic carbocycles. The quantitative estimate of drug-likeness (QED) is 0.288. The van der Waals surface area contributed by atoms with Crippen molar-refractivity contribution >= 4 is 44.8 Å². The van der Waals surface area contributed by atoms with Crippen molar-refractivity contribution in [1.29, 1.82) is 0 Å². The second-order valence-electron chi connectivity index (χ2n) is 15.5. The van der Waals surface area contributed by atoms with Crippen molar-refractivity contribution in [3.8, 4) is 5.75 Å². The van der Waals surface area contributed by atoms with Crippen LogP contribution in [0.5, 0.6) is 5.75 Å². The van der Waals surface area contributed by atoms with Gasteiger partial charge in [0.05, 0.1) is 29.6 Å². The van der Waals surface area contributed by atoms with Crippen LogP contribution in [0.3, 0.4) is 0 Å². The number of sulfonamides is 1. The maximum absolute atomic E-state index is 13.8. The molecule has 11 heteroatoms. The minimum Gasteiger partial charge on any atom is -0.490 e. The molecule has 1 fully saturated rings. The van der Waals surface area contributed by atoms with Crippen LogP contribution in [0, 0.1) is 17.8 Å². The third-order valence-electron chi connectivity index (χ3n) is 12.2. The fourth-order valence-electron chi connectivity index (χ4n) is 8.72. The van der Waals surface area contributed by atoms with E-state index in [0.717, 1.165) is 37.8 Å². The molecule has 3 aromatic carbocycles. The predicted octanol–water partition coefficient (Wildman–Crippen LogP) is 6.67. The molecule has 2 heterocycles. The highest BCUT2D eigenvalue weighted by Gasteiger charge is 2.49. The average Bonchev–Trinajstić information content (AvgIpc) is 3.25. The predicted molar refractivity (Wildman–Crippen MR) is 205 cm³/mol. The first kappa shape index (κ1) is 36.5. The fourth-order valence-corrected chi connectivity index (χ4v) is 10.2. The summed E-state index contributed by atoms with van der Waals surface area (Å²) in [6.07, 6.45) is 8.17. The molecule has 0 radical (unpaired) electrons. The van der Waals surface area contributed by atoms with E-state index in [4.69, 9.17) is 16.3 Å². The van der Waals surface area contributed by atoms with E-state index < -0.39 is 26.8 Å². The third kappa shape index (κ3) is 6.97. The molecule has 6 atom stereocenters. The Morgan fingerprint density at radius 1 is 1.10 bits per heavy atom. The minimum absolute atomic E-state index is 0.0304. The molecular weight excluding hydrogens is 698 g/mol. The molecule has 276 valence electrons. The van der Waals surface area contributed by atoms with Gasteiger partial charge in [-0.1, -0.05) is 54.9 Å². The highest BCUT2D eigenvalue weighted by Crippen LogP contribution is 2.49. The Labute approximate surface area is 312 Å². The van der Waals surface area contributed by atoms with Crippen molar-refractivity contribution < 1.29 is 27.9 Å². The summed E-state index contributed by atoms with van der Waals surface area (Å²) in [7, 11) is -2.32. The Bertz CT molecular complexity index is 1990. The first-order chi connectivity index (χ1) is 24.8. The fraction of sp³-hybridized carbons (Fsp3) is 0.463. The zero-order valence-electron chi connectivity index (χ0n) is 30.1. The van der Waals surface area contributed by atoms with Gasteiger partial charge in [-0.2, -0.15) is 0 Å². The number of halogens is 1. The number of fused-ring (bicyclic) bond motifs is 4. The van der Waals surface area contributed by atoms with Crippen LogP contribution in [0.2, 0.25) is 5.02 Å². The molecular formula is C41H48ClN3O6S. The number of hydrogen-bond donors (Lipinski definition) is 2. The van der Waals surface area contributed by atoms with Gasteiger partial charge < -0.3 is 19.6 Å². The van der Waals surface area contributed by atoms with Crippen LogP contribution in [0.1, 0.15) is 73.9 Å². The van der Waals surface area contributed by atoms with E-state index in [2.05, 4.69) is 15.7 Å². The Morgan fingerprint density at radius 2 is 1.88 bits per heavy atom. The van der Waals surface area contributed by atoms with Gasteiger partial charge in [-0.05, 0) is 117 Å². The number of para-hydroxylation sites is 1. The Hall–Kier alpha value is -3.86. The molecule has 3 aromatic rings. The van der Waals surface area contributed by atoms with Gasteiger partial charge in [0.25, 0.3) is 5.91 Å². The van der Waals surface area contributed by atoms with Crippen molar-refractivity contribution in [2.75, 3.05) is 36.5 Å². The van der Waals surface area contributed by atoms with E-state index >= 15 is 0 Å². The molecule has 2 amide bonds. The van der Waals surface area contributed by atoms with E-state index in [1.54, 1.807) is 43.1 Å². The molecule has 2 bridgehead atoms. The Morgan fingerprint density at radius 3 is 2.63 bits per heavy atom. The van der Waals surface area contributed by atoms with Crippen molar-refractivity contribution in [3.05, 3.63) is 101 Å². The normalized spacial score (nSPS) is 30.4. The van der Waals surface area contributed by atoms with Gasteiger partial charge in [0.1, 0.15) is 5.75 Å². The number of hydrogen-bond acceptors (Lipinski definition) is 7. The molecule has 52 heavy (non-hydrogen) atoms. The number of benzene rings is 3. The van der Waals surface area contributed by atoms with E-state index in [9.17, 15) is 23.1 Å². The molecule has 1 spiro atoms. The van der Waals surface area contributed by atoms with Crippen molar-refractivity contribution in [2.24, 2.45) is 17.8 Å². The zero-order valence-corrected chi connectivity index (χ0v) is 31.6. The van der Waals surface area contributed by atoms with E-state index in [1.807, 2.05) is 55.5 Å². The third-order valence-corrected chi connectivity index (χ3v) is 14.4. The minimum atomic E-state index is -4.05. The monoisotopic (exact) mass is 745 g/mol. The summed E-state index contributed by atoms with van der Waals surface area (Å²) >= 11 is 6.45. The number of allylic oxidation sites excluding steroid dienone is 1. The van der Waals surface area contributed by atoms with Crippen LogP contribution in [-0.4, -0.2) is 62.9 Å². The Balaban J connectivity index is 1.30. The lowest BCUT2D eigenvalue weighted by atomic mass is 9.63. The smallest absolute Gasteiger partial charge is 0.264 e. The number of aliphatic hydroxyl groups is 1. The van der Waals surface area contributed by atoms with Crippen molar-refractivity contribution in [1.82, 2.24) is 4.72 Å². The average molecular weight is 746 g/mol. The van der Waals surface area contributed by atoms with E-state index in [1.165, 1.54) is 11.1 Å². The largest absolute Gasteiger partial charge is 0.490 e. The van der Waals surface area contributed by atoms with Gasteiger partial charge in [-0.3, -0.25) is 9.59 Å².